The Kier molecular flexibility index (Phi) is 3.54. The largest absolute Gasteiger partial charge is 0.464 e. The van der Waals surface area contributed by atoms with E-state index in [1.165, 1.54) is 36.1 Å². The molecule has 0 aliphatic heterocycles. The fourth-order valence-electron chi connectivity index (χ4n) is 1.35. The van der Waals surface area contributed by atoms with Crippen LogP contribution in [0.15, 0.2) is 28.2 Å². The van der Waals surface area contributed by atoms with E-state index in [4.69, 9.17) is 0 Å². The maximum Gasteiger partial charge on any atom is 0.358 e. The lowest BCUT2D eigenvalue weighted by Crippen LogP contribution is -2.03. The first-order chi connectivity index (χ1) is 8.13. The number of carbonyl (C=O) groups is 1. The van der Waals surface area contributed by atoms with Gasteiger partial charge in [-0.2, -0.15) is 0 Å². The van der Waals surface area contributed by atoms with Crippen LogP contribution in [0.5, 0.6) is 0 Å². The lowest BCUT2D eigenvalue weighted by molar-refractivity contribution is 0.0596. The van der Waals surface area contributed by atoms with E-state index >= 15 is 0 Å². The zero-order valence-corrected chi connectivity index (χ0v) is 11.1. The van der Waals surface area contributed by atoms with Gasteiger partial charge in [0, 0.05) is 10.0 Å². The summed E-state index contributed by atoms with van der Waals surface area (Å²) in [6.45, 7) is 0. The van der Waals surface area contributed by atoms with Crippen molar-refractivity contribution in [2.45, 2.75) is 0 Å². The molecule has 0 atom stereocenters. The first-order valence-corrected chi connectivity index (χ1v) is 6.28. The van der Waals surface area contributed by atoms with Crippen LogP contribution in [-0.4, -0.2) is 18.1 Å². The SMILES string of the molecule is COC(=O)c1ncsc1-c1cc(F)ccc1Br. The van der Waals surface area contributed by atoms with Crippen molar-refractivity contribution in [3.05, 3.63) is 39.7 Å². The van der Waals surface area contributed by atoms with E-state index in [0.29, 0.717) is 14.9 Å². The van der Waals surface area contributed by atoms with Gasteiger partial charge in [-0.1, -0.05) is 15.9 Å². The molecule has 0 bridgehead atoms. The summed E-state index contributed by atoms with van der Waals surface area (Å²) in [5.74, 6) is -0.898. The van der Waals surface area contributed by atoms with Gasteiger partial charge in [0.25, 0.3) is 0 Å². The second kappa shape index (κ2) is 4.93. The van der Waals surface area contributed by atoms with Crippen molar-refractivity contribution in [1.29, 1.82) is 0 Å². The van der Waals surface area contributed by atoms with Crippen molar-refractivity contribution in [2.75, 3.05) is 7.11 Å². The van der Waals surface area contributed by atoms with Crippen molar-refractivity contribution in [1.82, 2.24) is 4.98 Å². The summed E-state index contributed by atoms with van der Waals surface area (Å²) in [6, 6.07) is 4.28. The minimum Gasteiger partial charge on any atom is -0.464 e. The molecule has 0 radical (unpaired) electrons. The number of hydrogen-bond donors (Lipinski definition) is 0. The van der Waals surface area contributed by atoms with Crippen molar-refractivity contribution in [3.63, 3.8) is 0 Å². The molecule has 1 aromatic carbocycles. The first-order valence-electron chi connectivity index (χ1n) is 4.60. The summed E-state index contributed by atoms with van der Waals surface area (Å²) < 4.78 is 18.5. The quantitative estimate of drug-likeness (QED) is 0.796. The minimum absolute atomic E-state index is 0.198. The minimum atomic E-state index is -0.530. The number of benzene rings is 1. The molecule has 0 saturated heterocycles. The van der Waals surface area contributed by atoms with Crippen LogP contribution in [0.4, 0.5) is 4.39 Å². The summed E-state index contributed by atoms with van der Waals surface area (Å²) in [6.07, 6.45) is 0. The van der Waals surface area contributed by atoms with Crippen molar-refractivity contribution >= 4 is 33.2 Å². The molecule has 0 N–H and O–H groups in total. The number of hydrogen-bond acceptors (Lipinski definition) is 4. The highest BCUT2D eigenvalue weighted by molar-refractivity contribution is 9.10. The zero-order valence-electron chi connectivity index (χ0n) is 8.74. The lowest BCUT2D eigenvalue weighted by Gasteiger charge is -2.04. The molecule has 6 heteroatoms. The molecular weight excluding hydrogens is 309 g/mol. The predicted molar refractivity (Wildman–Crippen MR) is 66.5 cm³/mol. The van der Waals surface area contributed by atoms with E-state index in [0.717, 1.165) is 0 Å². The Morgan fingerprint density at radius 2 is 2.29 bits per heavy atom. The van der Waals surface area contributed by atoms with Crippen LogP contribution < -0.4 is 0 Å². The number of nitrogens with zero attached hydrogens (tertiary/aromatic N) is 1. The van der Waals surface area contributed by atoms with Crippen LogP contribution in [0.25, 0.3) is 10.4 Å². The summed E-state index contributed by atoms with van der Waals surface area (Å²) in [5.41, 5.74) is 2.32. The maximum absolute atomic E-state index is 13.2. The summed E-state index contributed by atoms with van der Waals surface area (Å²) in [4.78, 5) is 16.0. The molecule has 3 nitrogen and oxygen atoms in total. The molecular formula is C11H7BrFNO2S. The second-order valence-corrected chi connectivity index (χ2v) is 4.85. The maximum atomic E-state index is 13.2. The molecule has 0 spiro atoms. The lowest BCUT2D eigenvalue weighted by atomic mass is 10.1. The van der Waals surface area contributed by atoms with Crippen molar-refractivity contribution in [3.8, 4) is 10.4 Å². The normalized spacial score (nSPS) is 10.3. The fourth-order valence-corrected chi connectivity index (χ4v) is 2.73. The molecule has 0 amide bonds. The molecule has 0 aliphatic carbocycles. The highest BCUT2D eigenvalue weighted by Gasteiger charge is 2.18. The van der Waals surface area contributed by atoms with Gasteiger partial charge in [-0.15, -0.1) is 11.3 Å². The number of methoxy groups -OCH3 is 1. The van der Waals surface area contributed by atoms with Crippen LogP contribution in [0.2, 0.25) is 0 Å². The standard InChI is InChI=1S/C11H7BrFNO2S/c1-16-11(15)9-10(17-5-14-9)7-4-6(13)2-3-8(7)12/h2-5H,1H3. The summed E-state index contributed by atoms with van der Waals surface area (Å²) in [5, 5.41) is 0. The van der Waals surface area contributed by atoms with Crippen LogP contribution in [-0.2, 0) is 4.74 Å². The number of thiazole rings is 1. The smallest absolute Gasteiger partial charge is 0.358 e. The summed E-state index contributed by atoms with van der Waals surface area (Å²) in [7, 11) is 1.28. The Morgan fingerprint density at radius 1 is 1.53 bits per heavy atom. The first kappa shape index (κ1) is 12.2. The van der Waals surface area contributed by atoms with Gasteiger partial charge in [0.05, 0.1) is 17.5 Å². The van der Waals surface area contributed by atoms with Gasteiger partial charge in [-0.05, 0) is 18.2 Å². The second-order valence-electron chi connectivity index (χ2n) is 3.15. The Bertz CT molecular complexity index is 570. The highest BCUT2D eigenvalue weighted by atomic mass is 79.9. The molecule has 0 aliphatic rings. The van der Waals surface area contributed by atoms with Gasteiger partial charge >= 0.3 is 5.97 Å². The van der Waals surface area contributed by atoms with E-state index in [-0.39, 0.29) is 11.5 Å². The van der Waals surface area contributed by atoms with Gasteiger partial charge in [0.15, 0.2) is 5.69 Å². The molecule has 0 saturated carbocycles. The third kappa shape index (κ3) is 2.37. The van der Waals surface area contributed by atoms with Gasteiger partial charge < -0.3 is 4.74 Å². The average Bonchev–Trinajstić information content (AvgIpc) is 2.80. The number of carbonyl (C=O) groups excluding carboxylic acids is 1. The molecule has 88 valence electrons. The molecule has 2 aromatic rings. The van der Waals surface area contributed by atoms with E-state index in [9.17, 15) is 9.18 Å². The Balaban J connectivity index is 2.57. The number of ether oxygens (including phenoxy) is 1. The van der Waals surface area contributed by atoms with E-state index in [2.05, 4.69) is 25.7 Å². The van der Waals surface area contributed by atoms with Crippen LogP contribution in [0.3, 0.4) is 0 Å². The molecule has 0 fully saturated rings. The highest BCUT2D eigenvalue weighted by Crippen LogP contribution is 2.34. The Morgan fingerprint density at radius 3 is 3.00 bits per heavy atom. The molecule has 2 rings (SSSR count). The molecule has 1 aromatic heterocycles. The summed E-state index contributed by atoms with van der Waals surface area (Å²) >= 11 is 4.58. The van der Waals surface area contributed by atoms with E-state index in [1.807, 2.05) is 0 Å². The topological polar surface area (TPSA) is 39.2 Å². The van der Waals surface area contributed by atoms with E-state index in [1.54, 1.807) is 6.07 Å². The fraction of sp³-hybridized carbons (Fsp3) is 0.0909. The number of halogens is 2. The number of rotatable bonds is 2. The van der Waals surface area contributed by atoms with Crippen LogP contribution >= 0.6 is 27.3 Å². The number of esters is 1. The molecule has 17 heavy (non-hydrogen) atoms. The van der Waals surface area contributed by atoms with Crippen molar-refractivity contribution < 1.29 is 13.9 Å². The molecule has 1 heterocycles. The van der Waals surface area contributed by atoms with Crippen LogP contribution in [0.1, 0.15) is 10.5 Å². The third-order valence-corrected chi connectivity index (χ3v) is 3.67. The Labute approximate surface area is 109 Å². The predicted octanol–water partition coefficient (Wildman–Crippen LogP) is 3.50. The zero-order chi connectivity index (χ0) is 12.4. The van der Waals surface area contributed by atoms with Gasteiger partial charge in [-0.25, -0.2) is 14.2 Å². The Hall–Kier alpha value is -1.27. The van der Waals surface area contributed by atoms with Gasteiger partial charge in [-0.3, -0.25) is 0 Å². The number of aromatic nitrogens is 1. The van der Waals surface area contributed by atoms with Gasteiger partial charge in [0.1, 0.15) is 5.82 Å². The van der Waals surface area contributed by atoms with E-state index < -0.39 is 5.97 Å². The van der Waals surface area contributed by atoms with Crippen LogP contribution in [0, 0.1) is 5.82 Å². The average molecular weight is 316 g/mol. The third-order valence-electron chi connectivity index (χ3n) is 2.12. The van der Waals surface area contributed by atoms with Crippen molar-refractivity contribution in [2.24, 2.45) is 0 Å². The monoisotopic (exact) mass is 315 g/mol. The van der Waals surface area contributed by atoms with Gasteiger partial charge in [0.2, 0.25) is 0 Å². The molecule has 0 unspecified atom stereocenters.